The van der Waals surface area contributed by atoms with Crippen molar-refractivity contribution in [3.63, 3.8) is 0 Å². The van der Waals surface area contributed by atoms with Crippen LogP contribution in [-0.4, -0.2) is 58.0 Å². The van der Waals surface area contributed by atoms with E-state index < -0.39 is 0 Å². The highest BCUT2D eigenvalue weighted by atomic mass is 32.1. The summed E-state index contributed by atoms with van der Waals surface area (Å²) in [7, 11) is 0. The predicted molar refractivity (Wildman–Crippen MR) is 190 cm³/mol. The Balaban J connectivity index is 1.71. The molecule has 2 aromatic carbocycles. The fraction of sp³-hybridized carbons (Fsp3) is 0.641. The van der Waals surface area contributed by atoms with E-state index in [0.717, 1.165) is 87.0 Å². The Morgan fingerprint density at radius 1 is 0.761 bits per heavy atom. The van der Waals surface area contributed by atoms with Crippen molar-refractivity contribution in [2.45, 2.75) is 123 Å². The van der Waals surface area contributed by atoms with Gasteiger partial charge in [0.1, 0.15) is 23.7 Å². The molecular weight excluding hydrogens is 596 g/mol. The van der Waals surface area contributed by atoms with Gasteiger partial charge in [-0.1, -0.05) is 71.6 Å². The molecule has 1 aliphatic heterocycles. The predicted octanol–water partition coefficient (Wildman–Crippen LogP) is 10.1. The topological polar surface area (TPSA) is 55.4 Å². The third-order valence-corrected chi connectivity index (χ3v) is 9.63. The number of thiophene rings is 1. The second-order valence-corrected chi connectivity index (χ2v) is 13.5. The van der Waals surface area contributed by atoms with E-state index in [1.165, 1.54) is 15.0 Å². The van der Waals surface area contributed by atoms with Gasteiger partial charge in [0.2, 0.25) is 0 Å². The van der Waals surface area contributed by atoms with Crippen LogP contribution in [0.5, 0.6) is 11.5 Å². The number of benzene rings is 2. The Morgan fingerprint density at radius 3 is 2.22 bits per heavy atom. The lowest BCUT2D eigenvalue weighted by Crippen LogP contribution is -2.50. The van der Waals surface area contributed by atoms with Gasteiger partial charge in [-0.15, -0.1) is 11.3 Å². The van der Waals surface area contributed by atoms with Gasteiger partial charge in [0.15, 0.2) is 0 Å². The zero-order valence-corrected chi connectivity index (χ0v) is 29.8. The van der Waals surface area contributed by atoms with Gasteiger partial charge in [0, 0.05) is 53.9 Å². The average molecular weight is 655 g/mol. The van der Waals surface area contributed by atoms with Crippen molar-refractivity contribution in [3.05, 3.63) is 58.5 Å². The van der Waals surface area contributed by atoms with Crippen molar-refractivity contribution < 1.29 is 28.4 Å². The molecule has 1 fully saturated rings. The lowest BCUT2D eigenvalue weighted by molar-refractivity contribution is -0.216. The lowest BCUT2D eigenvalue weighted by atomic mass is 9.91. The average Bonchev–Trinajstić information content (AvgIpc) is 3.48. The second-order valence-electron chi connectivity index (χ2n) is 12.3. The molecule has 1 saturated heterocycles. The molecule has 3 aromatic rings. The van der Waals surface area contributed by atoms with Gasteiger partial charge in [-0.3, -0.25) is 0 Å². The van der Waals surface area contributed by atoms with E-state index in [1.54, 1.807) is 0 Å². The van der Waals surface area contributed by atoms with Crippen LogP contribution in [0.15, 0.2) is 42.5 Å². The molecule has 0 saturated carbocycles. The minimum atomic E-state index is -0.236. The number of hydrogen-bond acceptors (Lipinski definition) is 7. The Morgan fingerprint density at radius 2 is 1.48 bits per heavy atom. The van der Waals surface area contributed by atoms with Gasteiger partial charge >= 0.3 is 0 Å². The summed E-state index contributed by atoms with van der Waals surface area (Å²) in [6.45, 7) is 14.7. The molecular formula is C39H58O6S. The van der Waals surface area contributed by atoms with E-state index in [0.29, 0.717) is 39.5 Å². The van der Waals surface area contributed by atoms with Crippen LogP contribution >= 0.6 is 11.3 Å². The molecule has 256 valence electrons. The number of hydrogen-bond donors (Lipinski definition) is 0. The van der Waals surface area contributed by atoms with E-state index in [9.17, 15) is 0 Å². The highest BCUT2D eigenvalue weighted by molar-refractivity contribution is 7.19. The summed E-state index contributed by atoms with van der Waals surface area (Å²) in [5.74, 6) is 1.72. The van der Waals surface area contributed by atoms with Crippen LogP contribution in [0, 0.1) is 0 Å². The molecule has 0 unspecified atom stereocenters. The molecule has 7 heteroatoms. The van der Waals surface area contributed by atoms with Crippen molar-refractivity contribution in [1.29, 1.82) is 0 Å². The van der Waals surface area contributed by atoms with Crippen molar-refractivity contribution >= 4 is 21.4 Å². The molecule has 0 radical (unpaired) electrons. The van der Waals surface area contributed by atoms with Gasteiger partial charge < -0.3 is 28.4 Å². The summed E-state index contributed by atoms with van der Waals surface area (Å²) in [5, 5.41) is 1.28. The van der Waals surface area contributed by atoms with Crippen molar-refractivity contribution in [2.75, 3.05) is 39.6 Å². The first kappa shape index (κ1) is 36.7. The van der Waals surface area contributed by atoms with Gasteiger partial charge in [-0.25, -0.2) is 0 Å². The van der Waals surface area contributed by atoms with E-state index in [1.807, 2.05) is 18.3 Å². The summed E-state index contributed by atoms with van der Waals surface area (Å²) in [5.41, 5.74) is 2.21. The van der Waals surface area contributed by atoms with E-state index >= 15 is 0 Å². The van der Waals surface area contributed by atoms with Crippen molar-refractivity contribution in [3.8, 4) is 11.5 Å². The molecule has 6 nitrogen and oxygen atoms in total. The van der Waals surface area contributed by atoms with Crippen molar-refractivity contribution in [2.24, 2.45) is 0 Å². The van der Waals surface area contributed by atoms with Crippen molar-refractivity contribution in [1.82, 2.24) is 0 Å². The van der Waals surface area contributed by atoms with E-state index in [-0.39, 0.29) is 24.4 Å². The quantitative estimate of drug-likeness (QED) is 0.101. The molecule has 2 heterocycles. The fourth-order valence-corrected chi connectivity index (χ4v) is 6.98. The van der Waals surface area contributed by atoms with Crippen LogP contribution in [0.2, 0.25) is 0 Å². The minimum absolute atomic E-state index is 0.0944. The van der Waals surface area contributed by atoms with Crippen LogP contribution in [0.25, 0.3) is 10.1 Å². The van der Waals surface area contributed by atoms with Gasteiger partial charge in [-0.2, -0.15) is 0 Å². The molecule has 46 heavy (non-hydrogen) atoms. The summed E-state index contributed by atoms with van der Waals surface area (Å²) in [4.78, 5) is 1.31. The van der Waals surface area contributed by atoms with E-state index in [2.05, 4.69) is 70.2 Å². The minimum Gasteiger partial charge on any atom is -0.493 e. The van der Waals surface area contributed by atoms with Crippen LogP contribution in [0.4, 0.5) is 0 Å². The largest absolute Gasteiger partial charge is 0.493 e. The van der Waals surface area contributed by atoms with Crippen LogP contribution in [-0.2, 0) is 25.4 Å². The zero-order valence-electron chi connectivity index (χ0n) is 29.0. The molecule has 1 aromatic heterocycles. The van der Waals surface area contributed by atoms with Crippen LogP contribution in [0.1, 0.15) is 115 Å². The lowest BCUT2D eigenvalue weighted by Gasteiger charge is -2.42. The summed E-state index contributed by atoms with van der Waals surface area (Å²) in [6.07, 6.45) is 9.16. The number of fused-ring (bicyclic) bond motifs is 1. The Labute approximate surface area is 282 Å². The van der Waals surface area contributed by atoms with Crippen LogP contribution in [0.3, 0.4) is 0 Å². The van der Waals surface area contributed by atoms with Gasteiger partial charge in [-0.05, 0) is 61.8 Å². The third-order valence-electron chi connectivity index (χ3n) is 8.52. The van der Waals surface area contributed by atoms with E-state index in [4.69, 9.17) is 28.4 Å². The van der Waals surface area contributed by atoms with Gasteiger partial charge in [0.25, 0.3) is 0 Å². The second kappa shape index (κ2) is 20.3. The monoisotopic (exact) mass is 654 g/mol. The first-order chi connectivity index (χ1) is 22.6. The third kappa shape index (κ3) is 10.7. The highest BCUT2D eigenvalue weighted by Crippen LogP contribution is 2.43. The standard InChI is InChI=1S/C39H58O6S/c1-6-11-19-40-28-37-39(44-22-14-9-4)36(43-21-13-8-3)27-35(45-37)32-25-30(24-31-23-29-17-15-16-18-38(29)46-31)33(41-10-5)26-34(32)42-20-12-7-2/h15-18,23,25-26,35-37,39H,6-14,19-22,24,27-28H2,1-5H3/t35-,36-,37-,39+/m1/s1. The number of unbranched alkanes of at least 4 members (excludes halogenated alkanes) is 4. The molecule has 0 spiro atoms. The Bertz CT molecular complexity index is 1240. The highest BCUT2D eigenvalue weighted by Gasteiger charge is 2.42. The van der Waals surface area contributed by atoms with Gasteiger partial charge in [0.05, 0.1) is 32.0 Å². The summed E-state index contributed by atoms with van der Waals surface area (Å²) < 4.78 is 40.4. The molecule has 0 aliphatic carbocycles. The number of ether oxygens (including phenoxy) is 6. The molecule has 0 amide bonds. The fourth-order valence-electron chi connectivity index (χ4n) is 5.90. The maximum atomic E-state index is 6.98. The smallest absolute Gasteiger partial charge is 0.128 e. The summed E-state index contributed by atoms with van der Waals surface area (Å²) in [6, 6.07) is 15.3. The Kier molecular flexibility index (Phi) is 16.2. The Hall–Kier alpha value is -2.16. The number of rotatable bonds is 22. The maximum Gasteiger partial charge on any atom is 0.128 e. The molecule has 0 bridgehead atoms. The normalized spacial score (nSPS) is 19.9. The summed E-state index contributed by atoms with van der Waals surface area (Å²) >= 11 is 1.84. The zero-order chi connectivity index (χ0) is 32.6. The first-order valence-corrected chi connectivity index (χ1v) is 18.8. The molecule has 4 rings (SSSR count). The first-order valence-electron chi connectivity index (χ1n) is 18.0. The molecule has 0 N–H and O–H groups in total. The van der Waals surface area contributed by atoms with Crippen LogP contribution < -0.4 is 9.47 Å². The SMILES string of the molecule is CCCCOC[C@H]1O[C@@H](c2cc(Cc3cc4ccccc4s3)c(OCC)cc2OCCCC)C[C@@H](OCCCC)[C@@H]1OCCCC. The maximum absolute atomic E-state index is 6.98. The molecule has 4 atom stereocenters. The molecule has 1 aliphatic rings.